The van der Waals surface area contributed by atoms with Crippen LogP contribution in [0.4, 0.5) is 10.5 Å². The van der Waals surface area contributed by atoms with E-state index in [2.05, 4.69) is 5.32 Å². The highest BCUT2D eigenvalue weighted by molar-refractivity contribution is 5.89. The van der Waals surface area contributed by atoms with Gasteiger partial charge in [-0.2, -0.15) is 0 Å². The smallest absolute Gasteiger partial charge is 0.322 e. The van der Waals surface area contributed by atoms with Gasteiger partial charge in [0.1, 0.15) is 0 Å². The van der Waals surface area contributed by atoms with Gasteiger partial charge in [0.2, 0.25) is 0 Å². The van der Waals surface area contributed by atoms with Crippen LogP contribution in [0.5, 0.6) is 0 Å². The molecule has 17 heavy (non-hydrogen) atoms. The summed E-state index contributed by atoms with van der Waals surface area (Å²) >= 11 is 0. The van der Waals surface area contributed by atoms with E-state index in [1.165, 1.54) is 0 Å². The first-order valence-corrected chi connectivity index (χ1v) is 6.05. The molecule has 92 valence electrons. The maximum absolute atomic E-state index is 12.1. The molecule has 0 spiro atoms. The number of nitrogens with two attached hydrogens (primary N) is 1. The van der Waals surface area contributed by atoms with Gasteiger partial charge >= 0.3 is 6.03 Å². The Hall–Kier alpha value is -1.55. The molecular weight excluding hydrogens is 214 g/mol. The molecule has 2 rings (SSSR count). The summed E-state index contributed by atoms with van der Waals surface area (Å²) in [4.78, 5) is 13.9. The predicted octanol–water partition coefficient (Wildman–Crippen LogP) is 2.03. The van der Waals surface area contributed by atoms with Crippen molar-refractivity contribution in [3.63, 3.8) is 0 Å². The molecule has 0 aromatic heterocycles. The van der Waals surface area contributed by atoms with Gasteiger partial charge in [-0.05, 0) is 31.9 Å². The molecular formula is C13H19N3O. The molecule has 3 N–H and O–H groups in total. The molecule has 1 aromatic rings. The molecule has 0 aliphatic carbocycles. The van der Waals surface area contributed by atoms with Gasteiger partial charge < -0.3 is 16.0 Å². The first kappa shape index (κ1) is 11.9. The standard InChI is InChI=1S/C13H19N3O/c1-10-9-11(14)7-8-16(10)13(17)15-12-5-3-2-4-6-12/h2-6,10-11H,7-9,14H2,1H3,(H,15,17). The van der Waals surface area contributed by atoms with Crippen LogP contribution < -0.4 is 11.1 Å². The molecule has 4 heteroatoms. The number of amides is 2. The number of anilines is 1. The number of likely N-dealkylation sites (tertiary alicyclic amines) is 1. The minimum Gasteiger partial charge on any atom is -0.328 e. The number of para-hydroxylation sites is 1. The first-order valence-electron chi connectivity index (χ1n) is 6.05. The lowest BCUT2D eigenvalue weighted by molar-refractivity contribution is 0.163. The molecule has 1 fully saturated rings. The second-order valence-electron chi connectivity index (χ2n) is 4.62. The van der Waals surface area contributed by atoms with Gasteiger partial charge in [-0.3, -0.25) is 0 Å². The van der Waals surface area contributed by atoms with Gasteiger partial charge in [-0.25, -0.2) is 4.79 Å². The molecule has 4 nitrogen and oxygen atoms in total. The average molecular weight is 233 g/mol. The Kier molecular flexibility index (Phi) is 3.64. The van der Waals surface area contributed by atoms with E-state index in [4.69, 9.17) is 5.73 Å². The number of benzene rings is 1. The molecule has 0 saturated carbocycles. The highest BCUT2D eigenvalue weighted by Gasteiger charge is 2.26. The van der Waals surface area contributed by atoms with Crippen LogP contribution in [0.2, 0.25) is 0 Å². The summed E-state index contributed by atoms with van der Waals surface area (Å²) in [6, 6.07) is 9.93. The third-order valence-corrected chi connectivity index (χ3v) is 3.20. The van der Waals surface area contributed by atoms with E-state index < -0.39 is 0 Å². The molecule has 1 heterocycles. The zero-order valence-corrected chi connectivity index (χ0v) is 10.1. The Bertz CT molecular complexity index is 380. The van der Waals surface area contributed by atoms with E-state index in [1.54, 1.807) is 0 Å². The van der Waals surface area contributed by atoms with Crippen molar-refractivity contribution in [3.05, 3.63) is 30.3 Å². The van der Waals surface area contributed by atoms with E-state index in [0.29, 0.717) is 0 Å². The molecule has 0 radical (unpaired) electrons. The Morgan fingerprint density at radius 1 is 1.41 bits per heavy atom. The summed E-state index contributed by atoms with van der Waals surface area (Å²) in [5.41, 5.74) is 6.71. The predicted molar refractivity (Wildman–Crippen MR) is 68.8 cm³/mol. The minimum absolute atomic E-state index is 0.0319. The zero-order valence-electron chi connectivity index (χ0n) is 10.1. The Balaban J connectivity index is 1.96. The van der Waals surface area contributed by atoms with Gasteiger partial charge in [0.15, 0.2) is 0 Å². The second kappa shape index (κ2) is 5.19. The van der Waals surface area contributed by atoms with Crippen LogP contribution in [0, 0.1) is 0 Å². The van der Waals surface area contributed by atoms with Gasteiger partial charge in [0, 0.05) is 24.3 Å². The minimum atomic E-state index is -0.0319. The maximum Gasteiger partial charge on any atom is 0.322 e. The van der Waals surface area contributed by atoms with E-state index >= 15 is 0 Å². The van der Waals surface area contributed by atoms with Crippen molar-refractivity contribution in [1.82, 2.24) is 4.90 Å². The quantitative estimate of drug-likeness (QED) is 0.779. The SMILES string of the molecule is CC1CC(N)CCN1C(=O)Nc1ccccc1. The Morgan fingerprint density at radius 3 is 2.76 bits per heavy atom. The molecule has 2 amide bonds. The van der Waals surface area contributed by atoms with Crippen molar-refractivity contribution in [2.24, 2.45) is 5.73 Å². The highest BCUT2D eigenvalue weighted by atomic mass is 16.2. The lowest BCUT2D eigenvalue weighted by atomic mass is 10.00. The topological polar surface area (TPSA) is 58.4 Å². The maximum atomic E-state index is 12.1. The highest BCUT2D eigenvalue weighted by Crippen LogP contribution is 2.17. The zero-order chi connectivity index (χ0) is 12.3. The number of hydrogen-bond acceptors (Lipinski definition) is 2. The largest absolute Gasteiger partial charge is 0.328 e. The Morgan fingerprint density at radius 2 is 2.12 bits per heavy atom. The van der Waals surface area contributed by atoms with Crippen LogP contribution in [-0.2, 0) is 0 Å². The number of urea groups is 1. The number of piperidine rings is 1. The van der Waals surface area contributed by atoms with Crippen molar-refractivity contribution >= 4 is 11.7 Å². The number of nitrogens with zero attached hydrogens (tertiary/aromatic N) is 1. The number of hydrogen-bond donors (Lipinski definition) is 2. The van der Waals surface area contributed by atoms with Crippen LogP contribution >= 0.6 is 0 Å². The van der Waals surface area contributed by atoms with E-state index in [-0.39, 0.29) is 18.1 Å². The average Bonchev–Trinajstić information content (AvgIpc) is 2.30. The fourth-order valence-corrected chi connectivity index (χ4v) is 2.23. The summed E-state index contributed by atoms with van der Waals surface area (Å²) in [5.74, 6) is 0. The molecule has 1 saturated heterocycles. The number of rotatable bonds is 1. The van der Waals surface area contributed by atoms with Gasteiger partial charge in [-0.15, -0.1) is 0 Å². The lowest BCUT2D eigenvalue weighted by Gasteiger charge is -2.36. The van der Waals surface area contributed by atoms with Crippen LogP contribution in [0.25, 0.3) is 0 Å². The fraction of sp³-hybridized carbons (Fsp3) is 0.462. The summed E-state index contributed by atoms with van der Waals surface area (Å²) in [6.45, 7) is 2.78. The summed E-state index contributed by atoms with van der Waals surface area (Å²) < 4.78 is 0. The number of carbonyl (C=O) groups is 1. The van der Waals surface area contributed by atoms with Crippen molar-refractivity contribution in [2.75, 3.05) is 11.9 Å². The fourth-order valence-electron chi connectivity index (χ4n) is 2.23. The van der Waals surface area contributed by atoms with Crippen molar-refractivity contribution < 1.29 is 4.79 Å². The third-order valence-electron chi connectivity index (χ3n) is 3.20. The number of nitrogens with one attached hydrogen (secondary N) is 1. The third kappa shape index (κ3) is 2.97. The van der Waals surface area contributed by atoms with Gasteiger partial charge in [-0.1, -0.05) is 18.2 Å². The Labute approximate surface area is 102 Å². The van der Waals surface area contributed by atoms with E-state index in [1.807, 2.05) is 42.2 Å². The summed E-state index contributed by atoms with van der Waals surface area (Å²) in [6.07, 6.45) is 1.76. The second-order valence-corrected chi connectivity index (χ2v) is 4.62. The van der Waals surface area contributed by atoms with Crippen LogP contribution in [0.3, 0.4) is 0 Å². The van der Waals surface area contributed by atoms with Gasteiger partial charge in [0.05, 0.1) is 0 Å². The van der Waals surface area contributed by atoms with Crippen LogP contribution in [0.1, 0.15) is 19.8 Å². The van der Waals surface area contributed by atoms with E-state index in [9.17, 15) is 4.79 Å². The summed E-state index contributed by atoms with van der Waals surface area (Å²) in [7, 11) is 0. The molecule has 2 unspecified atom stereocenters. The summed E-state index contributed by atoms with van der Waals surface area (Å²) in [5, 5.41) is 2.90. The molecule has 1 aromatic carbocycles. The van der Waals surface area contributed by atoms with Crippen LogP contribution in [0.15, 0.2) is 30.3 Å². The molecule has 1 aliphatic rings. The number of carbonyl (C=O) groups excluding carboxylic acids is 1. The monoisotopic (exact) mass is 233 g/mol. The molecule has 2 atom stereocenters. The normalized spacial score (nSPS) is 24.5. The van der Waals surface area contributed by atoms with Crippen molar-refractivity contribution in [3.8, 4) is 0 Å². The van der Waals surface area contributed by atoms with E-state index in [0.717, 1.165) is 25.1 Å². The molecule has 1 aliphatic heterocycles. The van der Waals surface area contributed by atoms with Gasteiger partial charge in [0.25, 0.3) is 0 Å². The molecule has 0 bridgehead atoms. The van der Waals surface area contributed by atoms with Crippen molar-refractivity contribution in [2.45, 2.75) is 31.8 Å². The van der Waals surface area contributed by atoms with Crippen molar-refractivity contribution in [1.29, 1.82) is 0 Å². The van der Waals surface area contributed by atoms with Crippen LogP contribution in [-0.4, -0.2) is 29.6 Å². The lowest BCUT2D eigenvalue weighted by Crippen LogP contribution is -2.49. The first-order chi connectivity index (χ1) is 8.16.